The van der Waals surface area contributed by atoms with Gasteiger partial charge >= 0.3 is 0 Å². The number of halogens is 1. The summed E-state index contributed by atoms with van der Waals surface area (Å²) in [7, 11) is 0. The van der Waals surface area contributed by atoms with Crippen LogP contribution in [0.2, 0.25) is 0 Å². The van der Waals surface area contributed by atoms with Gasteiger partial charge < -0.3 is 11.1 Å². The van der Waals surface area contributed by atoms with E-state index in [9.17, 15) is 4.79 Å². The van der Waals surface area contributed by atoms with Crippen LogP contribution in [0, 0.1) is 0 Å². The number of hydrogen-bond acceptors (Lipinski definition) is 2. The number of carbonyl (C=O) groups excluding carboxylic acids is 1. The molecule has 1 amide bonds. The maximum atomic E-state index is 11.9. The van der Waals surface area contributed by atoms with Gasteiger partial charge in [0.25, 0.3) is 0 Å². The normalized spacial score (nSPS) is 11.8. The van der Waals surface area contributed by atoms with Crippen LogP contribution in [-0.4, -0.2) is 11.3 Å². The van der Waals surface area contributed by atoms with Gasteiger partial charge in [-0.15, -0.1) is 11.6 Å². The van der Waals surface area contributed by atoms with Crippen molar-refractivity contribution < 1.29 is 4.79 Å². The summed E-state index contributed by atoms with van der Waals surface area (Å²) < 4.78 is 0. The number of anilines is 1. The summed E-state index contributed by atoms with van der Waals surface area (Å²) in [6.45, 7) is 0.486. The standard InChI is InChI=1S/C16H17ClN2O/c17-15(10-13-7-4-8-14(18)9-13)16(20)19-11-12-5-2-1-3-6-12/h1-9,15H,10-11,18H2,(H,19,20). The molecule has 1 atom stereocenters. The van der Waals surface area contributed by atoms with E-state index in [1.807, 2.05) is 54.6 Å². The first-order valence-electron chi connectivity index (χ1n) is 6.45. The summed E-state index contributed by atoms with van der Waals surface area (Å²) in [5, 5.41) is 2.23. The van der Waals surface area contributed by atoms with Crippen molar-refractivity contribution in [2.24, 2.45) is 0 Å². The average Bonchev–Trinajstić information content (AvgIpc) is 2.46. The number of hydrogen-bond donors (Lipinski definition) is 2. The van der Waals surface area contributed by atoms with Crippen LogP contribution in [0.4, 0.5) is 5.69 Å². The zero-order valence-electron chi connectivity index (χ0n) is 11.1. The van der Waals surface area contributed by atoms with Gasteiger partial charge in [-0.1, -0.05) is 42.5 Å². The minimum absolute atomic E-state index is 0.169. The Balaban J connectivity index is 1.86. The highest BCUT2D eigenvalue weighted by Crippen LogP contribution is 2.12. The minimum Gasteiger partial charge on any atom is -0.399 e. The van der Waals surface area contributed by atoms with Gasteiger partial charge in [0.2, 0.25) is 5.91 Å². The highest BCUT2D eigenvalue weighted by molar-refractivity contribution is 6.30. The summed E-state index contributed by atoms with van der Waals surface area (Å²) in [6, 6.07) is 17.1. The van der Waals surface area contributed by atoms with Gasteiger partial charge in [0.1, 0.15) is 5.38 Å². The largest absolute Gasteiger partial charge is 0.399 e. The molecule has 3 nitrogen and oxygen atoms in total. The number of rotatable bonds is 5. The SMILES string of the molecule is Nc1cccc(CC(Cl)C(=O)NCc2ccccc2)c1. The molecule has 1 unspecified atom stereocenters. The predicted molar refractivity (Wildman–Crippen MR) is 82.5 cm³/mol. The van der Waals surface area contributed by atoms with Crippen LogP contribution >= 0.6 is 11.6 Å². The van der Waals surface area contributed by atoms with Crippen molar-refractivity contribution in [1.29, 1.82) is 0 Å². The number of alkyl halides is 1. The van der Waals surface area contributed by atoms with Crippen molar-refractivity contribution >= 4 is 23.2 Å². The molecule has 0 aromatic heterocycles. The molecular formula is C16H17ClN2O. The van der Waals surface area contributed by atoms with E-state index in [4.69, 9.17) is 17.3 Å². The molecule has 2 aromatic rings. The Bertz CT molecular complexity index is 572. The number of nitrogens with one attached hydrogen (secondary N) is 1. The average molecular weight is 289 g/mol. The lowest BCUT2D eigenvalue weighted by atomic mass is 10.1. The van der Waals surface area contributed by atoms with Crippen LogP contribution < -0.4 is 11.1 Å². The quantitative estimate of drug-likeness (QED) is 0.656. The summed E-state index contributed by atoms with van der Waals surface area (Å²) in [5.74, 6) is -0.169. The smallest absolute Gasteiger partial charge is 0.238 e. The number of nitrogen functional groups attached to an aromatic ring is 1. The molecule has 0 heterocycles. The van der Waals surface area contributed by atoms with Crippen molar-refractivity contribution in [2.45, 2.75) is 18.3 Å². The van der Waals surface area contributed by atoms with E-state index in [0.29, 0.717) is 18.7 Å². The number of amides is 1. The second-order valence-corrected chi connectivity index (χ2v) is 5.15. The van der Waals surface area contributed by atoms with E-state index in [1.54, 1.807) is 0 Å². The molecule has 0 spiro atoms. The minimum atomic E-state index is -0.597. The molecule has 2 rings (SSSR count). The lowest BCUT2D eigenvalue weighted by molar-refractivity contribution is -0.120. The summed E-state index contributed by atoms with van der Waals surface area (Å²) in [5.41, 5.74) is 8.39. The molecule has 0 saturated heterocycles. The third-order valence-corrected chi connectivity index (χ3v) is 3.31. The number of nitrogens with two attached hydrogens (primary N) is 1. The van der Waals surface area contributed by atoms with Crippen molar-refractivity contribution in [3.05, 3.63) is 65.7 Å². The van der Waals surface area contributed by atoms with Crippen LogP contribution in [0.25, 0.3) is 0 Å². The third kappa shape index (κ3) is 4.28. The first kappa shape index (κ1) is 14.4. The first-order chi connectivity index (χ1) is 9.65. The van der Waals surface area contributed by atoms with Crippen LogP contribution in [-0.2, 0) is 17.8 Å². The van der Waals surface area contributed by atoms with Gasteiger partial charge in [-0.05, 0) is 29.7 Å². The molecule has 0 saturated carbocycles. The molecule has 2 aromatic carbocycles. The molecule has 0 bridgehead atoms. The lowest BCUT2D eigenvalue weighted by Gasteiger charge is -2.11. The van der Waals surface area contributed by atoms with E-state index in [-0.39, 0.29) is 5.91 Å². The summed E-state index contributed by atoms with van der Waals surface area (Å²) in [6.07, 6.45) is 0.465. The Hall–Kier alpha value is -2.00. The Morgan fingerprint density at radius 2 is 1.80 bits per heavy atom. The fourth-order valence-electron chi connectivity index (χ4n) is 1.92. The van der Waals surface area contributed by atoms with Gasteiger partial charge in [-0.3, -0.25) is 4.79 Å². The van der Waals surface area contributed by atoms with E-state index >= 15 is 0 Å². The van der Waals surface area contributed by atoms with E-state index in [2.05, 4.69) is 5.32 Å². The van der Waals surface area contributed by atoms with Crippen LogP contribution in [0.15, 0.2) is 54.6 Å². The van der Waals surface area contributed by atoms with Gasteiger partial charge in [0.15, 0.2) is 0 Å². The Morgan fingerprint density at radius 3 is 2.50 bits per heavy atom. The van der Waals surface area contributed by atoms with Crippen molar-refractivity contribution in [3.8, 4) is 0 Å². The van der Waals surface area contributed by atoms with Gasteiger partial charge in [-0.25, -0.2) is 0 Å². The molecule has 4 heteroatoms. The maximum Gasteiger partial charge on any atom is 0.238 e. The van der Waals surface area contributed by atoms with Gasteiger partial charge in [0.05, 0.1) is 0 Å². The molecule has 0 fully saturated rings. The molecule has 0 aliphatic heterocycles. The molecule has 0 radical (unpaired) electrons. The molecule has 20 heavy (non-hydrogen) atoms. The van der Waals surface area contributed by atoms with Crippen molar-refractivity contribution in [3.63, 3.8) is 0 Å². The van der Waals surface area contributed by atoms with Crippen LogP contribution in [0.5, 0.6) is 0 Å². The van der Waals surface area contributed by atoms with Crippen molar-refractivity contribution in [1.82, 2.24) is 5.32 Å². The predicted octanol–water partition coefficient (Wildman–Crippen LogP) is 2.74. The third-order valence-electron chi connectivity index (χ3n) is 2.96. The maximum absolute atomic E-state index is 11.9. The monoisotopic (exact) mass is 288 g/mol. The Labute approximate surface area is 123 Å². The molecule has 0 aliphatic rings. The molecule has 104 valence electrons. The number of benzene rings is 2. The van der Waals surface area contributed by atoms with E-state index < -0.39 is 5.38 Å². The Morgan fingerprint density at radius 1 is 1.10 bits per heavy atom. The van der Waals surface area contributed by atoms with E-state index in [0.717, 1.165) is 11.1 Å². The van der Waals surface area contributed by atoms with Gasteiger partial charge in [0, 0.05) is 12.2 Å². The fourth-order valence-corrected chi connectivity index (χ4v) is 2.17. The van der Waals surface area contributed by atoms with E-state index in [1.165, 1.54) is 0 Å². The Kier molecular flexibility index (Phi) is 5.02. The summed E-state index contributed by atoms with van der Waals surface area (Å²) in [4.78, 5) is 11.9. The number of carbonyl (C=O) groups is 1. The van der Waals surface area contributed by atoms with Gasteiger partial charge in [-0.2, -0.15) is 0 Å². The van der Waals surface area contributed by atoms with Crippen molar-refractivity contribution in [2.75, 3.05) is 5.73 Å². The second-order valence-electron chi connectivity index (χ2n) is 4.62. The first-order valence-corrected chi connectivity index (χ1v) is 6.89. The topological polar surface area (TPSA) is 55.1 Å². The summed E-state index contributed by atoms with van der Waals surface area (Å²) >= 11 is 6.13. The molecule has 0 aliphatic carbocycles. The second kappa shape index (κ2) is 6.96. The zero-order chi connectivity index (χ0) is 14.4. The van der Waals surface area contributed by atoms with Crippen LogP contribution in [0.3, 0.4) is 0 Å². The molecular weight excluding hydrogens is 272 g/mol. The highest BCUT2D eigenvalue weighted by atomic mass is 35.5. The highest BCUT2D eigenvalue weighted by Gasteiger charge is 2.15. The molecule has 3 N–H and O–H groups in total. The fraction of sp³-hybridized carbons (Fsp3) is 0.188. The van der Waals surface area contributed by atoms with Crippen LogP contribution in [0.1, 0.15) is 11.1 Å². The zero-order valence-corrected chi connectivity index (χ0v) is 11.8. The lowest BCUT2D eigenvalue weighted by Crippen LogP contribution is -2.32.